The number of Topliss-reactive ketones (excluding diaryl/α,β-unsaturated/α-hetero) is 1. The molecule has 0 aromatic heterocycles. The molecule has 230 valence electrons. The number of ketones is 1. The standard InChI is InChI=1S/C20H28O4.C8H12O.C6H12O2/c21-19(15-7-3-1-4-8-15)23-17-11-13-18(14-12-17)24-20(22)16-9-5-2-6-10-16;1-7(9)8-5-3-2-4-6-8;7-5-1-2-6(8)4-3-5/h1-3,5,15-18H,4,6-14H2;2-3,8H,4-6H2,1H3;5-8H,1-4H2. The van der Waals surface area contributed by atoms with Gasteiger partial charge >= 0.3 is 11.9 Å². The Kier molecular flexibility index (Phi) is 14.9. The molecular formula is C34H52O7. The van der Waals surface area contributed by atoms with E-state index in [4.69, 9.17) is 19.7 Å². The highest BCUT2D eigenvalue weighted by molar-refractivity contribution is 5.78. The fourth-order valence-electron chi connectivity index (χ4n) is 6.03. The number of hydrogen-bond donors (Lipinski definition) is 2. The van der Waals surface area contributed by atoms with Crippen molar-refractivity contribution in [1.82, 2.24) is 0 Å². The van der Waals surface area contributed by atoms with Gasteiger partial charge in [-0.25, -0.2) is 0 Å². The average molecular weight is 573 g/mol. The molecule has 0 aromatic rings. The van der Waals surface area contributed by atoms with Gasteiger partial charge in [0.1, 0.15) is 18.0 Å². The van der Waals surface area contributed by atoms with Crippen LogP contribution >= 0.6 is 0 Å². The van der Waals surface area contributed by atoms with Crippen LogP contribution < -0.4 is 0 Å². The molecule has 5 aliphatic rings. The van der Waals surface area contributed by atoms with Crippen molar-refractivity contribution in [2.75, 3.05) is 0 Å². The minimum absolute atomic E-state index is 0.00373. The van der Waals surface area contributed by atoms with Crippen molar-refractivity contribution < 1.29 is 34.1 Å². The normalized spacial score (nSPS) is 32.8. The number of rotatable bonds is 5. The summed E-state index contributed by atoms with van der Waals surface area (Å²) >= 11 is 0. The highest BCUT2D eigenvalue weighted by Crippen LogP contribution is 2.28. The van der Waals surface area contributed by atoms with E-state index in [0.717, 1.165) is 109 Å². The fourth-order valence-corrected chi connectivity index (χ4v) is 6.03. The predicted octanol–water partition coefficient (Wildman–Crippen LogP) is 6.31. The van der Waals surface area contributed by atoms with Gasteiger partial charge in [-0.15, -0.1) is 0 Å². The van der Waals surface area contributed by atoms with Crippen molar-refractivity contribution in [3.63, 3.8) is 0 Å². The predicted molar refractivity (Wildman–Crippen MR) is 159 cm³/mol. The first-order valence-corrected chi connectivity index (χ1v) is 16.0. The smallest absolute Gasteiger partial charge is 0.309 e. The Morgan fingerprint density at radius 1 is 0.512 bits per heavy atom. The lowest BCUT2D eigenvalue weighted by atomic mass is 9.91. The zero-order valence-electron chi connectivity index (χ0n) is 25.0. The number of hydrogen-bond acceptors (Lipinski definition) is 7. The third-order valence-electron chi connectivity index (χ3n) is 8.90. The van der Waals surface area contributed by atoms with Gasteiger partial charge in [-0.3, -0.25) is 14.4 Å². The summed E-state index contributed by atoms with van der Waals surface area (Å²) in [5.41, 5.74) is 0. The molecule has 7 nitrogen and oxygen atoms in total. The van der Waals surface area contributed by atoms with Crippen LogP contribution in [0.5, 0.6) is 0 Å². The summed E-state index contributed by atoms with van der Waals surface area (Å²) < 4.78 is 11.4. The van der Waals surface area contributed by atoms with Gasteiger partial charge in [0.15, 0.2) is 0 Å². The lowest BCUT2D eigenvalue weighted by Crippen LogP contribution is -2.33. The minimum Gasteiger partial charge on any atom is -0.462 e. The van der Waals surface area contributed by atoms with Crippen molar-refractivity contribution in [2.45, 2.75) is 140 Å². The second-order valence-corrected chi connectivity index (χ2v) is 12.3. The van der Waals surface area contributed by atoms with E-state index in [1.807, 2.05) is 0 Å². The van der Waals surface area contributed by atoms with Crippen molar-refractivity contribution in [3.8, 4) is 0 Å². The number of esters is 2. The molecule has 7 heteroatoms. The molecule has 5 rings (SSSR count). The number of aliphatic hydroxyl groups excluding tert-OH is 2. The maximum absolute atomic E-state index is 12.2. The largest absolute Gasteiger partial charge is 0.462 e. The van der Waals surface area contributed by atoms with Gasteiger partial charge in [-0.1, -0.05) is 36.5 Å². The highest BCUT2D eigenvalue weighted by Gasteiger charge is 2.30. The molecule has 5 aliphatic carbocycles. The number of ether oxygens (including phenoxy) is 2. The van der Waals surface area contributed by atoms with Crippen LogP contribution in [0.15, 0.2) is 36.5 Å². The molecule has 41 heavy (non-hydrogen) atoms. The molecule has 0 spiro atoms. The Morgan fingerprint density at radius 2 is 0.854 bits per heavy atom. The van der Waals surface area contributed by atoms with E-state index < -0.39 is 0 Å². The van der Waals surface area contributed by atoms with E-state index in [9.17, 15) is 14.4 Å². The second-order valence-electron chi connectivity index (χ2n) is 12.3. The van der Waals surface area contributed by atoms with Crippen LogP contribution in [0.1, 0.15) is 116 Å². The molecule has 2 fully saturated rings. The Labute approximate surface area is 246 Å². The molecule has 2 saturated carbocycles. The zero-order valence-corrected chi connectivity index (χ0v) is 25.0. The minimum atomic E-state index is -0.140. The van der Waals surface area contributed by atoms with Crippen LogP contribution in [-0.4, -0.2) is 52.4 Å². The van der Waals surface area contributed by atoms with E-state index in [-0.39, 0.29) is 48.2 Å². The van der Waals surface area contributed by atoms with E-state index >= 15 is 0 Å². The molecule has 0 saturated heterocycles. The zero-order chi connectivity index (χ0) is 29.5. The van der Waals surface area contributed by atoms with Crippen molar-refractivity contribution in [3.05, 3.63) is 36.5 Å². The van der Waals surface area contributed by atoms with Crippen LogP contribution in [0.25, 0.3) is 0 Å². The summed E-state index contributed by atoms with van der Waals surface area (Å²) in [6, 6.07) is 0. The topological polar surface area (TPSA) is 110 Å². The van der Waals surface area contributed by atoms with Crippen LogP contribution in [0.2, 0.25) is 0 Å². The first-order chi connectivity index (χ1) is 19.8. The first kappa shape index (κ1) is 33.3. The SMILES string of the molecule is CC(=O)C1CC=CCC1.O=C(OC1CCC(OC(=O)C2CC=CCC2)CC1)C1CC=CCC1.OC1CCC(O)CC1. The van der Waals surface area contributed by atoms with Gasteiger partial charge < -0.3 is 19.7 Å². The first-order valence-electron chi connectivity index (χ1n) is 16.0. The maximum Gasteiger partial charge on any atom is 0.309 e. The van der Waals surface area contributed by atoms with Crippen molar-refractivity contribution >= 4 is 17.7 Å². The van der Waals surface area contributed by atoms with Gasteiger partial charge in [-0.2, -0.15) is 0 Å². The fraction of sp³-hybridized carbons (Fsp3) is 0.735. The van der Waals surface area contributed by atoms with Gasteiger partial charge in [0.25, 0.3) is 0 Å². The van der Waals surface area contributed by atoms with Crippen LogP contribution in [0, 0.1) is 17.8 Å². The summed E-state index contributed by atoms with van der Waals surface area (Å²) in [5, 5.41) is 17.8. The molecular weight excluding hydrogens is 520 g/mol. The van der Waals surface area contributed by atoms with Gasteiger partial charge in [0, 0.05) is 5.92 Å². The van der Waals surface area contributed by atoms with Crippen molar-refractivity contribution in [1.29, 1.82) is 0 Å². The molecule has 3 atom stereocenters. The van der Waals surface area contributed by atoms with E-state index in [1.54, 1.807) is 6.92 Å². The maximum atomic E-state index is 12.2. The molecule has 2 N–H and O–H groups in total. The van der Waals surface area contributed by atoms with E-state index in [1.165, 1.54) is 0 Å². The molecule has 0 heterocycles. The number of carbonyl (C=O) groups excluding carboxylic acids is 3. The quantitative estimate of drug-likeness (QED) is 0.293. The Morgan fingerprint density at radius 3 is 1.12 bits per heavy atom. The van der Waals surface area contributed by atoms with Gasteiger partial charge in [0.2, 0.25) is 0 Å². The molecule has 0 amide bonds. The summed E-state index contributed by atoms with van der Waals surface area (Å²) in [5.74, 6) is 0.645. The molecule has 0 aromatic carbocycles. The number of allylic oxidation sites excluding steroid dienone is 6. The Hall–Kier alpha value is -2.25. The summed E-state index contributed by atoms with van der Waals surface area (Å²) in [7, 11) is 0. The summed E-state index contributed by atoms with van der Waals surface area (Å²) in [4.78, 5) is 35.1. The third-order valence-corrected chi connectivity index (χ3v) is 8.90. The highest BCUT2D eigenvalue weighted by atomic mass is 16.6. The Bertz CT molecular complexity index is 835. The molecule has 0 aliphatic heterocycles. The van der Waals surface area contributed by atoms with Crippen molar-refractivity contribution in [2.24, 2.45) is 17.8 Å². The number of carbonyl (C=O) groups is 3. The van der Waals surface area contributed by atoms with Crippen LogP contribution in [-0.2, 0) is 23.9 Å². The second kappa shape index (κ2) is 18.3. The van der Waals surface area contributed by atoms with Crippen LogP contribution in [0.3, 0.4) is 0 Å². The average Bonchev–Trinajstić information content (AvgIpc) is 3.01. The van der Waals surface area contributed by atoms with Gasteiger partial charge in [-0.05, 0) is 116 Å². The molecule has 3 unspecified atom stereocenters. The summed E-state index contributed by atoms with van der Waals surface area (Å²) in [6.07, 6.45) is 27.2. The Balaban J connectivity index is 0.000000221. The van der Waals surface area contributed by atoms with Gasteiger partial charge in [0.05, 0.1) is 24.0 Å². The van der Waals surface area contributed by atoms with E-state index in [0.29, 0.717) is 11.7 Å². The monoisotopic (exact) mass is 572 g/mol. The third kappa shape index (κ3) is 12.7. The van der Waals surface area contributed by atoms with E-state index in [2.05, 4.69) is 36.5 Å². The number of aliphatic hydroxyl groups is 2. The summed E-state index contributed by atoms with van der Waals surface area (Å²) in [6.45, 7) is 1.68. The lowest BCUT2D eigenvalue weighted by Gasteiger charge is -2.30. The lowest BCUT2D eigenvalue weighted by molar-refractivity contribution is -0.163. The molecule has 0 bridgehead atoms. The van der Waals surface area contributed by atoms with Crippen LogP contribution in [0.4, 0.5) is 0 Å². The molecule has 0 radical (unpaired) electrons.